The van der Waals surface area contributed by atoms with E-state index in [1.54, 1.807) is 49.6 Å². The van der Waals surface area contributed by atoms with E-state index < -0.39 is 5.97 Å². The number of rotatable bonds is 5. The number of fused-ring (bicyclic) bond motifs is 1. The predicted octanol–water partition coefficient (Wildman–Crippen LogP) is 4.14. The molecular weight excluding hydrogens is 358 g/mol. The van der Waals surface area contributed by atoms with Crippen LogP contribution in [-0.4, -0.2) is 19.0 Å². The predicted molar refractivity (Wildman–Crippen MR) is 104 cm³/mol. The van der Waals surface area contributed by atoms with Crippen LogP contribution in [0, 0.1) is 0 Å². The Morgan fingerprint density at radius 3 is 2.64 bits per heavy atom. The van der Waals surface area contributed by atoms with Crippen molar-refractivity contribution in [3.05, 3.63) is 83.3 Å². The minimum atomic E-state index is -0.456. The zero-order valence-electron chi connectivity index (χ0n) is 15.1. The lowest BCUT2D eigenvalue weighted by Crippen LogP contribution is -2.04. The van der Waals surface area contributed by atoms with Crippen molar-refractivity contribution in [3.63, 3.8) is 0 Å². The van der Waals surface area contributed by atoms with Gasteiger partial charge in [0.05, 0.1) is 18.2 Å². The van der Waals surface area contributed by atoms with Crippen LogP contribution >= 0.6 is 0 Å². The highest BCUT2D eigenvalue weighted by molar-refractivity contribution is 6.34. The van der Waals surface area contributed by atoms with Crippen molar-refractivity contribution in [1.82, 2.24) is 0 Å². The van der Waals surface area contributed by atoms with E-state index in [0.717, 1.165) is 11.3 Å². The van der Waals surface area contributed by atoms with Gasteiger partial charge in [-0.3, -0.25) is 4.79 Å². The van der Waals surface area contributed by atoms with Crippen molar-refractivity contribution in [1.29, 1.82) is 0 Å². The summed E-state index contributed by atoms with van der Waals surface area (Å²) in [5.41, 5.74) is 2.57. The number of furan rings is 1. The zero-order chi connectivity index (χ0) is 19.5. The molecule has 28 heavy (non-hydrogen) atoms. The van der Waals surface area contributed by atoms with Gasteiger partial charge in [0, 0.05) is 11.3 Å². The molecule has 0 atom stereocenters. The monoisotopic (exact) mass is 375 g/mol. The Morgan fingerprint density at radius 1 is 1.07 bits per heavy atom. The molecule has 6 heteroatoms. The zero-order valence-corrected chi connectivity index (χ0v) is 15.1. The van der Waals surface area contributed by atoms with E-state index >= 15 is 0 Å². The lowest BCUT2D eigenvalue weighted by Gasteiger charge is -2.04. The number of nitrogens with one attached hydrogen (secondary N) is 1. The molecule has 1 aromatic heterocycles. The van der Waals surface area contributed by atoms with Crippen LogP contribution in [0.3, 0.4) is 0 Å². The number of methoxy groups -OCH3 is 1. The van der Waals surface area contributed by atoms with Crippen LogP contribution in [0.2, 0.25) is 0 Å². The molecule has 1 N–H and O–H groups in total. The highest BCUT2D eigenvalue weighted by atomic mass is 16.5. The van der Waals surface area contributed by atoms with Gasteiger partial charge in [-0.25, -0.2) is 4.79 Å². The van der Waals surface area contributed by atoms with Crippen molar-refractivity contribution < 1.29 is 23.5 Å². The number of esters is 1. The first-order chi connectivity index (χ1) is 13.6. The van der Waals surface area contributed by atoms with Gasteiger partial charge in [0.2, 0.25) is 0 Å². The van der Waals surface area contributed by atoms with Gasteiger partial charge in [-0.15, -0.1) is 0 Å². The summed E-state index contributed by atoms with van der Waals surface area (Å²) in [5.74, 6) is 1.03. The molecule has 0 saturated heterocycles. The molecule has 2 heterocycles. The number of para-hydroxylation sites is 1. The molecule has 2 aromatic carbocycles. The Labute approximate surface area is 161 Å². The second-order valence-corrected chi connectivity index (χ2v) is 6.17. The summed E-state index contributed by atoms with van der Waals surface area (Å²) in [6.45, 7) is -0.00316. The molecule has 0 fully saturated rings. The summed E-state index contributed by atoms with van der Waals surface area (Å²) in [6, 6.07) is 17.6. The van der Waals surface area contributed by atoms with Crippen LogP contribution in [-0.2, 0) is 16.1 Å². The van der Waals surface area contributed by atoms with Crippen molar-refractivity contribution >= 4 is 29.2 Å². The average molecular weight is 375 g/mol. The van der Waals surface area contributed by atoms with Crippen molar-refractivity contribution in [2.45, 2.75) is 6.61 Å². The molecule has 1 aliphatic heterocycles. The van der Waals surface area contributed by atoms with Gasteiger partial charge in [-0.05, 0) is 48.5 Å². The number of ether oxygens (including phenoxy) is 2. The maximum absolute atomic E-state index is 12.2. The first-order valence-corrected chi connectivity index (χ1v) is 8.66. The molecule has 140 valence electrons. The normalized spacial score (nSPS) is 13.9. The van der Waals surface area contributed by atoms with Crippen molar-refractivity contribution in [3.8, 4) is 5.75 Å². The highest BCUT2D eigenvalue weighted by Crippen LogP contribution is 2.32. The molecule has 6 nitrogen and oxygen atoms in total. The molecule has 0 unspecified atom stereocenters. The van der Waals surface area contributed by atoms with Gasteiger partial charge < -0.3 is 19.2 Å². The summed E-state index contributed by atoms with van der Waals surface area (Å²) < 4.78 is 16.0. The molecule has 4 rings (SSSR count). The third kappa shape index (κ3) is 3.53. The summed E-state index contributed by atoms with van der Waals surface area (Å²) in [5, 5.41) is 2.81. The quantitative estimate of drug-likeness (QED) is 0.536. The molecule has 0 bridgehead atoms. The molecule has 0 radical (unpaired) electrons. The van der Waals surface area contributed by atoms with Crippen LogP contribution in [0.4, 0.5) is 5.69 Å². The SMILES string of the molecule is COc1ccc(C(=O)OCc2ccc(/C=C3\C(=O)Nc4ccccc43)o2)cc1. The number of benzene rings is 2. The van der Waals surface area contributed by atoms with Gasteiger partial charge >= 0.3 is 5.97 Å². The molecule has 0 saturated carbocycles. The van der Waals surface area contributed by atoms with E-state index in [9.17, 15) is 9.59 Å². The van der Waals surface area contributed by atoms with E-state index in [1.807, 2.05) is 24.3 Å². The lowest BCUT2D eigenvalue weighted by molar-refractivity contribution is -0.110. The van der Waals surface area contributed by atoms with Gasteiger partial charge in [-0.2, -0.15) is 0 Å². The second-order valence-electron chi connectivity index (χ2n) is 6.17. The first-order valence-electron chi connectivity index (χ1n) is 8.66. The fourth-order valence-electron chi connectivity index (χ4n) is 2.92. The van der Waals surface area contributed by atoms with Gasteiger partial charge in [0.25, 0.3) is 5.91 Å². The van der Waals surface area contributed by atoms with Crippen LogP contribution in [0.1, 0.15) is 27.4 Å². The Kier molecular flexibility index (Phi) is 4.68. The first kappa shape index (κ1) is 17.6. The number of anilines is 1. The molecular formula is C22H17NO5. The van der Waals surface area contributed by atoms with Crippen molar-refractivity contribution in [2.24, 2.45) is 0 Å². The van der Waals surface area contributed by atoms with E-state index in [-0.39, 0.29) is 12.5 Å². The molecule has 1 aliphatic rings. The maximum atomic E-state index is 12.2. The average Bonchev–Trinajstić information content (AvgIpc) is 3.30. The summed E-state index contributed by atoms with van der Waals surface area (Å²) in [7, 11) is 1.56. The van der Waals surface area contributed by atoms with E-state index in [0.29, 0.717) is 28.4 Å². The largest absolute Gasteiger partial charge is 0.497 e. The van der Waals surface area contributed by atoms with E-state index in [4.69, 9.17) is 13.9 Å². The van der Waals surface area contributed by atoms with Crippen LogP contribution in [0.15, 0.2) is 65.1 Å². The highest BCUT2D eigenvalue weighted by Gasteiger charge is 2.23. The molecule has 0 spiro atoms. The van der Waals surface area contributed by atoms with Crippen molar-refractivity contribution in [2.75, 3.05) is 12.4 Å². The Hall–Kier alpha value is -3.80. The number of amides is 1. The maximum Gasteiger partial charge on any atom is 0.338 e. The van der Waals surface area contributed by atoms with E-state index in [2.05, 4.69) is 5.32 Å². The standard InChI is InChI=1S/C22H17NO5/c1-26-15-8-6-14(7-9-15)22(25)27-13-17-11-10-16(28-17)12-19-18-4-2-3-5-20(18)23-21(19)24/h2-12H,13H2,1H3,(H,23,24)/b19-12-. The number of hydrogen-bond donors (Lipinski definition) is 1. The number of hydrogen-bond acceptors (Lipinski definition) is 5. The van der Waals surface area contributed by atoms with Crippen LogP contribution < -0.4 is 10.1 Å². The van der Waals surface area contributed by atoms with Gasteiger partial charge in [-0.1, -0.05) is 18.2 Å². The Morgan fingerprint density at radius 2 is 1.86 bits per heavy atom. The van der Waals surface area contributed by atoms with Gasteiger partial charge in [0.1, 0.15) is 23.9 Å². The van der Waals surface area contributed by atoms with Crippen LogP contribution in [0.25, 0.3) is 11.6 Å². The Balaban J connectivity index is 1.43. The third-order valence-corrected chi connectivity index (χ3v) is 4.35. The number of carbonyl (C=O) groups is 2. The Bertz CT molecular complexity index is 1060. The summed E-state index contributed by atoms with van der Waals surface area (Å²) in [6.07, 6.45) is 1.68. The van der Waals surface area contributed by atoms with E-state index in [1.165, 1.54) is 0 Å². The number of carbonyl (C=O) groups excluding carboxylic acids is 2. The topological polar surface area (TPSA) is 77.8 Å². The fourth-order valence-corrected chi connectivity index (χ4v) is 2.92. The van der Waals surface area contributed by atoms with Gasteiger partial charge in [0.15, 0.2) is 0 Å². The minimum Gasteiger partial charge on any atom is -0.497 e. The summed E-state index contributed by atoms with van der Waals surface area (Å²) in [4.78, 5) is 24.3. The third-order valence-electron chi connectivity index (χ3n) is 4.35. The fraction of sp³-hybridized carbons (Fsp3) is 0.0909. The molecule has 3 aromatic rings. The molecule has 1 amide bonds. The molecule has 0 aliphatic carbocycles. The second kappa shape index (κ2) is 7.44. The summed E-state index contributed by atoms with van der Waals surface area (Å²) >= 11 is 0. The smallest absolute Gasteiger partial charge is 0.338 e. The lowest BCUT2D eigenvalue weighted by atomic mass is 10.1. The van der Waals surface area contributed by atoms with Crippen LogP contribution in [0.5, 0.6) is 5.75 Å². The minimum absolute atomic E-state index is 0.00316.